The largest absolute Gasteiger partial charge is 0.495 e. The fourth-order valence-electron chi connectivity index (χ4n) is 2.61. The van der Waals surface area contributed by atoms with Crippen LogP contribution in [0, 0.1) is 0 Å². The van der Waals surface area contributed by atoms with E-state index < -0.39 is 12.1 Å². The van der Waals surface area contributed by atoms with Crippen LogP contribution in [0.1, 0.15) is 5.56 Å². The van der Waals surface area contributed by atoms with Crippen LogP contribution in [0.5, 0.6) is 5.75 Å². The SMILES string of the molecule is COc1ccccc1NC(=O)[C@@H]1CSCN1C(=O)OCc1ccccc1. The van der Waals surface area contributed by atoms with Crippen LogP contribution < -0.4 is 10.1 Å². The number of ether oxygens (including phenoxy) is 2. The van der Waals surface area contributed by atoms with Crippen molar-refractivity contribution in [3.8, 4) is 5.75 Å². The summed E-state index contributed by atoms with van der Waals surface area (Å²) >= 11 is 1.52. The van der Waals surface area contributed by atoms with Crippen LogP contribution in [0.4, 0.5) is 10.5 Å². The Labute approximate surface area is 156 Å². The van der Waals surface area contributed by atoms with Crippen molar-refractivity contribution in [3.05, 3.63) is 60.2 Å². The first-order valence-electron chi connectivity index (χ1n) is 8.18. The molecule has 0 aliphatic carbocycles. The molecule has 1 fully saturated rings. The van der Waals surface area contributed by atoms with E-state index in [1.165, 1.54) is 16.7 Å². The van der Waals surface area contributed by atoms with Gasteiger partial charge in [-0.2, -0.15) is 0 Å². The summed E-state index contributed by atoms with van der Waals surface area (Å²) in [6, 6.07) is 16.0. The van der Waals surface area contributed by atoms with Crippen molar-refractivity contribution in [1.82, 2.24) is 4.90 Å². The van der Waals surface area contributed by atoms with Gasteiger partial charge < -0.3 is 14.8 Å². The maximum atomic E-state index is 12.6. The lowest BCUT2D eigenvalue weighted by Crippen LogP contribution is -2.44. The molecule has 1 atom stereocenters. The molecular formula is C19H20N2O4S. The number of nitrogens with one attached hydrogen (secondary N) is 1. The fourth-order valence-corrected chi connectivity index (χ4v) is 3.75. The van der Waals surface area contributed by atoms with Crippen molar-refractivity contribution in [2.24, 2.45) is 0 Å². The number of amides is 2. The lowest BCUT2D eigenvalue weighted by molar-refractivity contribution is -0.119. The van der Waals surface area contributed by atoms with Crippen molar-refractivity contribution in [3.63, 3.8) is 0 Å². The Balaban J connectivity index is 1.61. The molecule has 1 N–H and O–H groups in total. The molecule has 1 heterocycles. The van der Waals surface area contributed by atoms with Gasteiger partial charge in [0.15, 0.2) is 0 Å². The van der Waals surface area contributed by atoms with E-state index in [0.29, 0.717) is 23.1 Å². The smallest absolute Gasteiger partial charge is 0.411 e. The third-order valence-electron chi connectivity index (χ3n) is 3.99. The molecule has 0 bridgehead atoms. The summed E-state index contributed by atoms with van der Waals surface area (Å²) in [5.41, 5.74) is 1.48. The van der Waals surface area contributed by atoms with E-state index in [-0.39, 0.29) is 12.5 Å². The van der Waals surface area contributed by atoms with Gasteiger partial charge in [0, 0.05) is 5.75 Å². The first kappa shape index (κ1) is 18.1. The van der Waals surface area contributed by atoms with Gasteiger partial charge >= 0.3 is 6.09 Å². The second kappa shape index (κ2) is 8.62. The summed E-state index contributed by atoms with van der Waals surface area (Å²) < 4.78 is 10.6. The number of para-hydroxylation sites is 2. The molecule has 2 aromatic rings. The molecule has 26 heavy (non-hydrogen) atoms. The average Bonchev–Trinajstić information content (AvgIpc) is 3.17. The normalized spacial score (nSPS) is 16.2. The molecule has 0 saturated carbocycles. The molecule has 3 rings (SSSR count). The second-order valence-corrected chi connectivity index (χ2v) is 6.71. The van der Waals surface area contributed by atoms with Gasteiger partial charge in [0.1, 0.15) is 18.4 Å². The highest BCUT2D eigenvalue weighted by molar-refractivity contribution is 7.99. The van der Waals surface area contributed by atoms with Crippen molar-refractivity contribution in [1.29, 1.82) is 0 Å². The minimum Gasteiger partial charge on any atom is -0.495 e. The number of benzene rings is 2. The summed E-state index contributed by atoms with van der Waals surface area (Å²) in [5.74, 6) is 1.28. The van der Waals surface area contributed by atoms with E-state index in [1.54, 1.807) is 19.2 Å². The van der Waals surface area contributed by atoms with E-state index in [9.17, 15) is 9.59 Å². The monoisotopic (exact) mass is 372 g/mol. The minimum absolute atomic E-state index is 0.182. The molecule has 7 heteroatoms. The van der Waals surface area contributed by atoms with Gasteiger partial charge in [-0.3, -0.25) is 9.69 Å². The van der Waals surface area contributed by atoms with E-state index in [1.807, 2.05) is 42.5 Å². The lowest BCUT2D eigenvalue weighted by Gasteiger charge is -2.22. The van der Waals surface area contributed by atoms with Gasteiger partial charge in [-0.1, -0.05) is 42.5 Å². The summed E-state index contributed by atoms with van der Waals surface area (Å²) in [7, 11) is 1.55. The molecule has 0 spiro atoms. The van der Waals surface area contributed by atoms with Crippen LogP contribution >= 0.6 is 11.8 Å². The summed E-state index contributed by atoms with van der Waals surface area (Å²) in [5, 5.41) is 2.84. The Kier molecular flexibility index (Phi) is 6.01. The summed E-state index contributed by atoms with van der Waals surface area (Å²) in [6.45, 7) is 0.182. The highest BCUT2D eigenvalue weighted by atomic mass is 32.2. The van der Waals surface area contributed by atoms with Gasteiger partial charge in [-0.25, -0.2) is 4.79 Å². The molecule has 0 aromatic heterocycles. The second-order valence-electron chi connectivity index (χ2n) is 5.72. The Bertz CT molecular complexity index is 769. The van der Waals surface area contributed by atoms with Crippen LogP contribution in [0.2, 0.25) is 0 Å². The molecule has 0 radical (unpaired) electrons. The van der Waals surface area contributed by atoms with Crippen LogP contribution in [-0.4, -0.2) is 41.7 Å². The van der Waals surface area contributed by atoms with Crippen molar-refractivity contribution < 1.29 is 19.1 Å². The number of hydrogen-bond acceptors (Lipinski definition) is 5. The van der Waals surface area contributed by atoms with E-state index in [0.717, 1.165) is 5.56 Å². The number of carbonyl (C=O) groups is 2. The number of nitrogens with zero attached hydrogens (tertiary/aromatic N) is 1. The lowest BCUT2D eigenvalue weighted by atomic mass is 10.2. The number of methoxy groups -OCH3 is 1. The maximum Gasteiger partial charge on any atom is 0.411 e. The van der Waals surface area contributed by atoms with E-state index in [2.05, 4.69) is 5.32 Å². The third kappa shape index (κ3) is 4.29. The Morgan fingerprint density at radius 3 is 2.65 bits per heavy atom. The zero-order chi connectivity index (χ0) is 18.4. The van der Waals surface area contributed by atoms with Gasteiger partial charge in [0.2, 0.25) is 5.91 Å². The van der Waals surface area contributed by atoms with Crippen molar-refractivity contribution >= 4 is 29.4 Å². The highest BCUT2D eigenvalue weighted by Gasteiger charge is 2.36. The van der Waals surface area contributed by atoms with Crippen molar-refractivity contribution in [2.75, 3.05) is 24.1 Å². The van der Waals surface area contributed by atoms with Gasteiger partial charge in [0.05, 0.1) is 18.7 Å². The Morgan fingerprint density at radius 2 is 1.88 bits per heavy atom. The standard InChI is InChI=1S/C19H20N2O4S/c1-24-17-10-6-5-9-15(17)20-18(22)16-12-26-13-21(16)19(23)25-11-14-7-3-2-4-8-14/h2-10,16H,11-13H2,1H3,(H,20,22)/t16-/m0/s1. The van der Waals surface area contributed by atoms with Crippen molar-refractivity contribution in [2.45, 2.75) is 12.6 Å². The molecule has 2 aromatic carbocycles. The quantitative estimate of drug-likeness (QED) is 0.872. The predicted molar refractivity (Wildman–Crippen MR) is 101 cm³/mol. The van der Waals surface area contributed by atoms with Crippen LogP contribution in [0.15, 0.2) is 54.6 Å². The van der Waals surface area contributed by atoms with Gasteiger partial charge in [-0.05, 0) is 17.7 Å². The molecule has 0 unspecified atom stereocenters. The summed E-state index contributed by atoms with van der Waals surface area (Å²) in [4.78, 5) is 26.5. The average molecular weight is 372 g/mol. The number of rotatable bonds is 5. The zero-order valence-electron chi connectivity index (χ0n) is 14.4. The molecule has 1 aliphatic heterocycles. The highest BCUT2D eigenvalue weighted by Crippen LogP contribution is 2.26. The fraction of sp³-hybridized carbons (Fsp3) is 0.263. The first-order chi connectivity index (χ1) is 12.7. The first-order valence-corrected chi connectivity index (χ1v) is 9.33. The van der Waals surface area contributed by atoms with Gasteiger partial charge in [-0.15, -0.1) is 11.8 Å². The number of hydrogen-bond donors (Lipinski definition) is 1. The molecule has 2 amide bonds. The maximum absolute atomic E-state index is 12.6. The predicted octanol–water partition coefficient (Wildman–Crippen LogP) is 3.35. The molecule has 1 aliphatic rings. The van der Waals surface area contributed by atoms with Gasteiger partial charge in [0.25, 0.3) is 0 Å². The topological polar surface area (TPSA) is 67.9 Å². The minimum atomic E-state index is -0.576. The molecule has 136 valence electrons. The van der Waals surface area contributed by atoms with Crippen LogP contribution in [0.3, 0.4) is 0 Å². The molecule has 1 saturated heterocycles. The zero-order valence-corrected chi connectivity index (χ0v) is 15.2. The number of thioether (sulfide) groups is 1. The molecule has 6 nitrogen and oxygen atoms in total. The number of anilines is 1. The Hall–Kier alpha value is -2.67. The van der Waals surface area contributed by atoms with E-state index in [4.69, 9.17) is 9.47 Å². The van der Waals surface area contributed by atoms with Crippen LogP contribution in [-0.2, 0) is 16.1 Å². The van der Waals surface area contributed by atoms with Crippen LogP contribution in [0.25, 0.3) is 0 Å². The summed E-state index contributed by atoms with van der Waals surface area (Å²) in [6.07, 6.45) is -0.487. The Morgan fingerprint density at radius 1 is 1.15 bits per heavy atom. The molecular weight excluding hydrogens is 352 g/mol. The van der Waals surface area contributed by atoms with E-state index >= 15 is 0 Å². The third-order valence-corrected chi connectivity index (χ3v) is 5.00. The number of carbonyl (C=O) groups excluding carboxylic acids is 2.